The van der Waals surface area contributed by atoms with Gasteiger partial charge in [0.15, 0.2) is 0 Å². The molecular weight excluding hydrogens is 412 g/mol. The van der Waals surface area contributed by atoms with Crippen LogP contribution in [-0.2, 0) is 17.6 Å². The molecule has 0 amide bonds. The van der Waals surface area contributed by atoms with E-state index in [9.17, 15) is 4.79 Å². The average molecular weight is 463 g/mol. The van der Waals surface area contributed by atoms with Crippen LogP contribution in [0, 0.1) is 27.7 Å². The highest BCUT2D eigenvalue weighted by Gasteiger charge is 2.03. The standard InChI is InChI=1S/C33H50O/c1-27-21-23-29(3)31(25-27)17-13-9-5-7-11-15-19-33(34)20-16-12-8-6-10-14-18-32-26-28(2)22-24-30(32)4/h21-26H,5-20H2,1-4H3. The van der Waals surface area contributed by atoms with E-state index in [-0.39, 0.29) is 0 Å². The molecule has 2 aromatic carbocycles. The molecule has 0 saturated heterocycles. The van der Waals surface area contributed by atoms with Gasteiger partial charge in [0, 0.05) is 12.8 Å². The lowest BCUT2D eigenvalue weighted by Crippen LogP contribution is -1.98. The SMILES string of the molecule is Cc1ccc(C)c(CCCCCCCCC(=O)CCCCCCCCc2cc(C)ccc2C)c1. The van der Waals surface area contributed by atoms with Crippen molar-refractivity contribution in [3.05, 3.63) is 69.8 Å². The number of rotatable bonds is 18. The second-order valence-corrected chi connectivity index (χ2v) is 10.6. The molecule has 0 aromatic heterocycles. The van der Waals surface area contributed by atoms with Crippen molar-refractivity contribution in [1.82, 2.24) is 0 Å². The Morgan fingerprint density at radius 3 is 1.26 bits per heavy atom. The highest BCUT2D eigenvalue weighted by molar-refractivity contribution is 5.78. The van der Waals surface area contributed by atoms with Crippen molar-refractivity contribution in [1.29, 1.82) is 0 Å². The molecule has 34 heavy (non-hydrogen) atoms. The third-order valence-corrected chi connectivity index (χ3v) is 7.31. The van der Waals surface area contributed by atoms with Crippen LogP contribution in [-0.4, -0.2) is 5.78 Å². The summed E-state index contributed by atoms with van der Waals surface area (Å²) in [6, 6.07) is 13.6. The molecule has 0 unspecified atom stereocenters. The topological polar surface area (TPSA) is 17.1 Å². The first kappa shape index (κ1) is 28.3. The molecule has 0 radical (unpaired) electrons. The summed E-state index contributed by atoms with van der Waals surface area (Å²) in [5.41, 5.74) is 8.63. The van der Waals surface area contributed by atoms with Crippen molar-refractivity contribution in [2.45, 2.75) is 130 Å². The number of unbranched alkanes of at least 4 members (excludes halogenated alkanes) is 10. The maximum Gasteiger partial charge on any atom is 0.132 e. The smallest absolute Gasteiger partial charge is 0.132 e. The number of aryl methyl sites for hydroxylation is 6. The van der Waals surface area contributed by atoms with Crippen molar-refractivity contribution in [3.63, 3.8) is 0 Å². The predicted molar refractivity (Wildman–Crippen MR) is 149 cm³/mol. The van der Waals surface area contributed by atoms with E-state index >= 15 is 0 Å². The first-order valence-corrected chi connectivity index (χ1v) is 14.1. The van der Waals surface area contributed by atoms with Gasteiger partial charge in [0.1, 0.15) is 5.78 Å². The van der Waals surface area contributed by atoms with Crippen molar-refractivity contribution >= 4 is 5.78 Å². The maximum absolute atomic E-state index is 12.1. The summed E-state index contributed by atoms with van der Waals surface area (Å²) < 4.78 is 0. The second-order valence-electron chi connectivity index (χ2n) is 10.6. The van der Waals surface area contributed by atoms with Crippen LogP contribution in [0.3, 0.4) is 0 Å². The molecule has 0 N–H and O–H groups in total. The molecular formula is C33H50O. The van der Waals surface area contributed by atoms with Gasteiger partial charge in [0.2, 0.25) is 0 Å². The zero-order chi connectivity index (χ0) is 24.6. The monoisotopic (exact) mass is 462 g/mol. The molecule has 1 heteroatoms. The van der Waals surface area contributed by atoms with E-state index in [2.05, 4.69) is 64.1 Å². The quantitative estimate of drug-likeness (QED) is 0.201. The molecule has 0 fully saturated rings. The zero-order valence-corrected chi connectivity index (χ0v) is 22.7. The molecule has 0 bridgehead atoms. The van der Waals surface area contributed by atoms with E-state index in [0.717, 1.165) is 25.7 Å². The van der Waals surface area contributed by atoms with Crippen LogP contribution in [0.4, 0.5) is 0 Å². The van der Waals surface area contributed by atoms with Gasteiger partial charge in [-0.25, -0.2) is 0 Å². The van der Waals surface area contributed by atoms with E-state index in [1.807, 2.05) is 0 Å². The van der Waals surface area contributed by atoms with Gasteiger partial charge in [-0.15, -0.1) is 0 Å². The summed E-state index contributed by atoms with van der Waals surface area (Å²) in [5.74, 6) is 0.491. The Hall–Kier alpha value is -1.89. The summed E-state index contributed by atoms with van der Waals surface area (Å²) in [6.45, 7) is 8.81. The van der Waals surface area contributed by atoms with Gasteiger partial charge in [0.05, 0.1) is 0 Å². The Bertz CT molecular complexity index is 778. The molecule has 0 saturated carbocycles. The number of benzene rings is 2. The summed E-state index contributed by atoms with van der Waals surface area (Å²) in [5, 5.41) is 0. The third-order valence-electron chi connectivity index (χ3n) is 7.31. The highest BCUT2D eigenvalue weighted by Crippen LogP contribution is 2.17. The van der Waals surface area contributed by atoms with E-state index in [1.165, 1.54) is 110 Å². The molecule has 0 heterocycles. The summed E-state index contributed by atoms with van der Waals surface area (Å²) in [6.07, 6.45) is 19.0. The maximum atomic E-state index is 12.1. The number of Topliss-reactive ketones (excluding diaryl/α,β-unsaturated/α-hetero) is 1. The van der Waals surface area contributed by atoms with Gasteiger partial charge in [-0.1, -0.05) is 98.9 Å². The van der Waals surface area contributed by atoms with Crippen LogP contribution in [0.25, 0.3) is 0 Å². The zero-order valence-electron chi connectivity index (χ0n) is 22.7. The molecule has 0 aliphatic rings. The van der Waals surface area contributed by atoms with Crippen LogP contribution in [0.1, 0.15) is 123 Å². The normalized spacial score (nSPS) is 11.2. The van der Waals surface area contributed by atoms with E-state index in [1.54, 1.807) is 0 Å². The molecule has 188 valence electrons. The Balaban J connectivity index is 1.36. The lowest BCUT2D eigenvalue weighted by molar-refractivity contribution is -0.119. The summed E-state index contributed by atoms with van der Waals surface area (Å²) in [4.78, 5) is 12.1. The van der Waals surface area contributed by atoms with Crippen molar-refractivity contribution < 1.29 is 4.79 Å². The molecule has 0 atom stereocenters. The van der Waals surface area contributed by atoms with Gasteiger partial charge < -0.3 is 0 Å². The fraction of sp³-hybridized carbons (Fsp3) is 0.606. The van der Waals surface area contributed by atoms with Gasteiger partial charge in [-0.05, 0) is 88.5 Å². The molecule has 1 nitrogen and oxygen atoms in total. The van der Waals surface area contributed by atoms with E-state index < -0.39 is 0 Å². The fourth-order valence-electron chi connectivity index (χ4n) is 4.95. The van der Waals surface area contributed by atoms with Crippen LogP contribution in [0.5, 0.6) is 0 Å². The Morgan fingerprint density at radius 1 is 0.500 bits per heavy atom. The minimum Gasteiger partial charge on any atom is -0.300 e. The largest absolute Gasteiger partial charge is 0.300 e. The minimum absolute atomic E-state index is 0.491. The number of ketones is 1. The molecule has 0 aliphatic carbocycles. The Kier molecular flexibility index (Phi) is 13.9. The number of carbonyl (C=O) groups excluding carboxylic acids is 1. The van der Waals surface area contributed by atoms with Crippen molar-refractivity contribution in [2.24, 2.45) is 0 Å². The Morgan fingerprint density at radius 2 is 0.853 bits per heavy atom. The third kappa shape index (κ3) is 12.0. The fourth-order valence-corrected chi connectivity index (χ4v) is 4.95. The summed E-state index contributed by atoms with van der Waals surface area (Å²) in [7, 11) is 0. The average Bonchev–Trinajstić information content (AvgIpc) is 2.81. The number of hydrogen-bond donors (Lipinski definition) is 0. The molecule has 0 aliphatic heterocycles. The predicted octanol–water partition coefficient (Wildman–Crippen LogP) is 9.74. The first-order valence-electron chi connectivity index (χ1n) is 14.1. The minimum atomic E-state index is 0.491. The second kappa shape index (κ2) is 16.7. The van der Waals surface area contributed by atoms with Gasteiger partial charge in [-0.2, -0.15) is 0 Å². The molecule has 2 aromatic rings. The van der Waals surface area contributed by atoms with Gasteiger partial charge in [0.25, 0.3) is 0 Å². The van der Waals surface area contributed by atoms with Crippen molar-refractivity contribution in [3.8, 4) is 0 Å². The van der Waals surface area contributed by atoms with Gasteiger partial charge in [-0.3, -0.25) is 4.79 Å². The van der Waals surface area contributed by atoms with Crippen LogP contribution < -0.4 is 0 Å². The number of carbonyl (C=O) groups is 1. The van der Waals surface area contributed by atoms with E-state index in [0.29, 0.717) is 5.78 Å². The number of hydrogen-bond acceptors (Lipinski definition) is 1. The summed E-state index contributed by atoms with van der Waals surface area (Å²) >= 11 is 0. The lowest BCUT2D eigenvalue weighted by Gasteiger charge is -2.07. The van der Waals surface area contributed by atoms with Crippen molar-refractivity contribution in [2.75, 3.05) is 0 Å². The van der Waals surface area contributed by atoms with E-state index in [4.69, 9.17) is 0 Å². The highest BCUT2D eigenvalue weighted by atomic mass is 16.1. The van der Waals surface area contributed by atoms with Crippen LogP contribution in [0.15, 0.2) is 36.4 Å². The Labute approximate surface area is 210 Å². The molecule has 2 rings (SSSR count). The van der Waals surface area contributed by atoms with Crippen LogP contribution in [0.2, 0.25) is 0 Å². The van der Waals surface area contributed by atoms with Crippen LogP contribution >= 0.6 is 0 Å². The lowest BCUT2D eigenvalue weighted by atomic mass is 9.98. The molecule has 0 spiro atoms. The van der Waals surface area contributed by atoms with Gasteiger partial charge >= 0.3 is 0 Å². The first-order chi connectivity index (χ1) is 16.5.